The van der Waals surface area contributed by atoms with Gasteiger partial charge in [-0.05, 0) is 29.8 Å². The van der Waals surface area contributed by atoms with E-state index in [1.54, 1.807) is 0 Å². The molecule has 6 nitrogen and oxygen atoms in total. The lowest BCUT2D eigenvalue weighted by Gasteiger charge is -2.19. The van der Waals surface area contributed by atoms with Crippen LogP contribution >= 0.6 is 0 Å². The molecule has 31 heavy (non-hydrogen) atoms. The highest BCUT2D eigenvalue weighted by molar-refractivity contribution is 5.97. The van der Waals surface area contributed by atoms with Crippen molar-refractivity contribution < 1.29 is 35.9 Å². The van der Waals surface area contributed by atoms with E-state index in [0.717, 1.165) is 22.9 Å². The van der Waals surface area contributed by atoms with Crippen LogP contribution in [-0.2, 0) is 12.4 Å². The third kappa shape index (κ3) is 4.22. The van der Waals surface area contributed by atoms with Gasteiger partial charge in [-0.2, -0.15) is 31.4 Å². The van der Waals surface area contributed by atoms with Crippen LogP contribution < -0.4 is 11.5 Å². The second-order valence-electron chi connectivity index (χ2n) is 6.33. The van der Waals surface area contributed by atoms with Crippen molar-refractivity contribution in [1.29, 1.82) is 0 Å². The first-order valence-electron chi connectivity index (χ1n) is 8.38. The predicted molar refractivity (Wildman–Crippen MR) is 96.0 cm³/mol. The van der Waals surface area contributed by atoms with Crippen molar-refractivity contribution in [3.8, 4) is 16.8 Å². The number of carbonyl (C=O) groups is 2. The molecule has 0 fully saturated rings. The molecule has 2 aromatic carbocycles. The first kappa shape index (κ1) is 21.9. The van der Waals surface area contributed by atoms with Crippen molar-refractivity contribution >= 4 is 11.8 Å². The van der Waals surface area contributed by atoms with Crippen LogP contribution in [0.1, 0.15) is 32.1 Å². The number of amides is 2. The van der Waals surface area contributed by atoms with E-state index in [-0.39, 0.29) is 17.1 Å². The number of rotatable bonds is 4. The van der Waals surface area contributed by atoms with Crippen molar-refractivity contribution in [2.45, 2.75) is 12.4 Å². The number of halogens is 6. The Bertz CT molecular complexity index is 1150. The van der Waals surface area contributed by atoms with E-state index in [1.165, 1.54) is 12.1 Å². The Morgan fingerprint density at radius 3 is 1.84 bits per heavy atom. The van der Waals surface area contributed by atoms with E-state index in [0.29, 0.717) is 18.2 Å². The molecule has 0 spiro atoms. The van der Waals surface area contributed by atoms with Crippen LogP contribution in [0.15, 0.2) is 48.5 Å². The molecule has 4 N–H and O–H groups in total. The molecule has 0 atom stereocenters. The van der Waals surface area contributed by atoms with Crippen LogP contribution in [0.5, 0.6) is 0 Å². The molecule has 0 radical (unpaired) electrons. The summed E-state index contributed by atoms with van der Waals surface area (Å²) in [6.07, 6.45) is -10.1. The quantitative estimate of drug-likeness (QED) is 0.601. The fourth-order valence-electron chi connectivity index (χ4n) is 3.00. The lowest BCUT2D eigenvalue weighted by molar-refractivity contribution is -0.142. The average molecular weight is 442 g/mol. The molecule has 3 aromatic rings. The number of nitrogens with zero attached hydrogens (tertiary/aromatic N) is 2. The summed E-state index contributed by atoms with van der Waals surface area (Å²) in [7, 11) is 0. The van der Waals surface area contributed by atoms with Gasteiger partial charge in [0, 0.05) is 11.6 Å². The zero-order valence-corrected chi connectivity index (χ0v) is 15.3. The maximum atomic E-state index is 13.5. The Balaban J connectivity index is 2.30. The summed E-state index contributed by atoms with van der Waals surface area (Å²) in [4.78, 5) is 23.0. The molecule has 162 valence electrons. The smallest absolute Gasteiger partial charge is 0.364 e. The van der Waals surface area contributed by atoms with Gasteiger partial charge in [0.15, 0.2) is 5.69 Å². The Kier molecular flexibility index (Phi) is 5.26. The van der Waals surface area contributed by atoms with Gasteiger partial charge in [-0.3, -0.25) is 9.59 Å². The zero-order chi connectivity index (χ0) is 23.1. The van der Waals surface area contributed by atoms with Gasteiger partial charge in [0.25, 0.3) is 11.8 Å². The van der Waals surface area contributed by atoms with Gasteiger partial charge in [0.1, 0.15) is 5.69 Å². The summed E-state index contributed by atoms with van der Waals surface area (Å²) in [5.74, 6) is -2.06. The van der Waals surface area contributed by atoms with E-state index in [2.05, 4.69) is 5.10 Å². The van der Waals surface area contributed by atoms with Crippen molar-refractivity contribution in [3.05, 3.63) is 71.0 Å². The second-order valence-corrected chi connectivity index (χ2v) is 6.33. The highest BCUT2D eigenvalue weighted by Gasteiger charge is 2.41. The summed E-state index contributed by atoms with van der Waals surface area (Å²) in [5.41, 5.74) is 5.01. The van der Waals surface area contributed by atoms with Gasteiger partial charge in [0.2, 0.25) is 0 Å². The summed E-state index contributed by atoms with van der Waals surface area (Å²) in [5, 5.41) is 3.78. The fraction of sp³-hybridized carbons (Fsp3) is 0.105. The normalized spacial score (nSPS) is 12.1. The second kappa shape index (κ2) is 7.45. The molecule has 0 aliphatic rings. The van der Waals surface area contributed by atoms with Crippen LogP contribution in [-0.4, -0.2) is 21.6 Å². The van der Waals surface area contributed by atoms with Crippen molar-refractivity contribution in [2.24, 2.45) is 11.5 Å². The van der Waals surface area contributed by atoms with E-state index in [4.69, 9.17) is 11.5 Å². The van der Waals surface area contributed by atoms with Crippen molar-refractivity contribution in [3.63, 3.8) is 0 Å². The first-order chi connectivity index (χ1) is 14.3. The van der Waals surface area contributed by atoms with Gasteiger partial charge in [0.05, 0.1) is 16.8 Å². The molecule has 0 bridgehead atoms. The minimum absolute atomic E-state index is 0.107. The van der Waals surface area contributed by atoms with Crippen LogP contribution in [0.25, 0.3) is 16.8 Å². The van der Waals surface area contributed by atoms with Gasteiger partial charge >= 0.3 is 12.4 Å². The summed E-state index contributed by atoms with van der Waals surface area (Å²) < 4.78 is 81.8. The molecule has 0 aliphatic carbocycles. The summed E-state index contributed by atoms with van der Waals surface area (Å²) in [6.45, 7) is 0. The molecule has 0 aliphatic heterocycles. The largest absolute Gasteiger partial charge is 0.417 e. The number of hydrogen-bond donors (Lipinski definition) is 2. The number of nitrogens with two attached hydrogens (primary N) is 2. The minimum atomic E-state index is -5.07. The van der Waals surface area contributed by atoms with Crippen LogP contribution in [0.4, 0.5) is 26.3 Å². The van der Waals surface area contributed by atoms with Crippen LogP contribution in [0.3, 0.4) is 0 Å². The lowest BCUT2D eigenvalue weighted by atomic mass is 9.93. The van der Waals surface area contributed by atoms with E-state index in [9.17, 15) is 35.9 Å². The maximum Gasteiger partial charge on any atom is 0.417 e. The van der Waals surface area contributed by atoms with Gasteiger partial charge in [-0.1, -0.05) is 18.2 Å². The number of benzene rings is 2. The number of aromatic nitrogens is 2. The zero-order valence-electron chi connectivity index (χ0n) is 15.3. The third-order valence-corrected chi connectivity index (χ3v) is 4.27. The Hall–Kier alpha value is -3.83. The van der Waals surface area contributed by atoms with Crippen LogP contribution in [0, 0.1) is 0 Å². The molecule has 12 heteroatoms. The standard InChI is InChI=1S/C19H12F6N4O2/c20-18(21,22)11-5-2-6-12(19(23,24)25)15(11)9-3-1-4-10(7-9)29-14(17(27)31)8-13(28-29)16(26)30/h1-8H,(H2,26,30)(H2,27,31). The monoisotopic (exact) mass is 442 g/mol. The van der Waals surface area contributed by atoms with Gasteiger partial charge in [-0.15, -0.1) is 0 Å². The number of carbonyl (C=O) groups excluding carboxylic acids is 2. The Morgan fingerprint density at radius 2 is 1.35 bits per heavy atom. The SMILES string of the molecule is NC(=O)c1cc(C(N)=O)n(-c2cccc(-c3c(C(F)(F)F)cccc3C(F)(F)F)c2)n1. The van der Waals surface area contributed by atoms with Gasteiger partial charge < -0.3 is 11.5 Å². The van der Waals surface area contributed by atoms with Crippen LogP contribution in [0.2, 0.25) is 0 Å². The van der Waals surface area contributed by atoms with E-state index >= 15 is 0 Å². The molecule has 3 rings (SSSR count). The predicted octanol–water partition coefficient (Wildman–Crippen LogP) is 3.77. The maximum absolute atomic E-state index is 13.5. The van der Waals surface area contributed by atoms with E-state index < -0.39 is 46.4 Å². The highest BCUT2D eigenvalue weighted by atomic mass is 19.4. The Morgan fingerprint density at radius 1 is 0.806 bits per heavy atom. The molecule has 0 unspecified atom stereocenters. The van der Waals surface area contributed by atoms with Gasteiger partial charge in [-0.25, -0.2) is 4.68 Å². The molecule has 1 aromatic heterocycles. The lowest BCUT2D eigenvalue weighted by Crippen LogP contribution is -2.17. The molecule has 2 amide bonds. The molecular formula is C19H12F6N4O2. The summed E-state index contributed by atoms with van der Waals surface area (Å²) in [6, 6.07) is 7.14. The molecular weight excluding hydrogens is 430 g/mol. The Labute approximate surface area is 170 Å². The number of primary amides is 2. The highest BCUT2D eigenvalue weighted by Crippen LogP contribution is 2.44. The first-order valence-corrected chi connectivity index (χ1v) is 8.38. The fourth-order valence-corrected chi connectivity index (χ4v) is 3.00. The number of hydrogen-bond acceptors (Lipinski definition) is 3. The molecule has 1 heterocycles. The molecule has 0 saturated heterocycles. The number of alkyl halides is 6. The summed E-state index contributed by atoms with van der Waals surface area (Å²) >= 11 is 0. The van der Waals surface area contributed by atoms with Crippen molar-refractivity contribution in [1.82, 2.24) is 9.78 Å². The average Bonchev–Trinajstić information content (AvgIpc) is 3.12. The van der Waals surface area contributed by atoms with E-state index in [1.807, 2.05) is 0 Å². The molecule has 0 saturated carbocycles. The van der Waals surface area contributed by atoms with Crippen molar-refractivity contribution in [2.75, 3.05) is 0 Å². The third-order valence-electron chi connectivity index (χ3n) is 4.27. The topological polar surface area (TPSA) is 104 Å². The minimum Gasteiger partial charge on any atom is -0.364 e.